The topological polar surface area (TPSA) is 26.3 Å². The van der Waals surface area contributed by atoms with E-state index in [4.69, 9.17) is 4.74 Å². The predicted molar refractivity (Wildman–Crippen MR) is 73.2 cm³/mol. The van der Waals surface area contributed by atoms with Gasteiger partial charge in [0, 0.05) is 6.08 Å². The van der Waals surface area contributed by atoms with Crippen molar-refractivity contribution in [3.63, 3.8) is 0 Å². The van der Waals surface area contributed by atoms with Gasteiger partial charge in [0.25, 0.3) is 0 Å². The van der Waals surface area contributed by atoms with Gasteiger partial charge >= 0.3 is 5.97 Å². The van der Waals surface area contributed by atoms with Gasteiger partial charge < -0.3 is 4.74 Å². The minimum absolute atomic E-state index is 0.192. The third-order valence-corrected chi connectivity index (χ3v) is 4.27. The van der Waals surface area contributed by atoms with Gasteiger partial charge in [-0.1, -0.05) is 31.8 Å². The molecule has 2 heteroatoms. The second-order valence-electron chi connectivity index (χ2n) is 6.84. The van der Waals surface area contributed by atoms with Crippen LogP contribution in [0, 0.1) is 17.8 Å². The number of hydrogen-bond acceptors (Lipinski definition) is 2. The molecule has 0 aromatic carbocycles. The fraction of sp³-hybridized carbons (Fsp3) is 0.812. The number of allylic oxidation sites excluding steroid dienone is 1. The Kier molecular flexibility index (Phi) is 4.14. The molecule has 3 unspecified atom stereocenters. The van der Waals surface area contributed by atoms with Crippen molar-refractivity contribution in [2.75, 3.05) is 0 Å². The highest BCUT2D eigenvalue weighted by Crippen LogP contribution is 2.45. The Hall–Kier alpha value is -0.790. The van der Waals surface area contributed by atoms with E-state index in [1.54, 1.807) is 6.08 Å². The molecule has 0 N–H and O–H groups in total. The van der Waals surface area contributed by atoms with Gasteiger partial charge in [-0.3, -0.25) is 0 Å². The van der Waals surface area contributed by atoms with E-state index < -0.39 is 0 Å². The first-order chi connectivity index (χ1) is 8.46. The molecule has 0 amide bonds. The second-order valence-corrected chi connectivity index (χ2v) is 6.84. The molecule has 18 heavy (non-hydrogen) atoms. The lowest BCUT2D eigenvalue weighted by Gasteiger charge is -2.32. The fourth-order valence-electron chi connectivity index (χ4n) is 3.59. The van der Waals surface area contributed by atoms with Gasteiger partial charge in [-0.15, -0.1) is 0 Å². The van der Waals surface area contributed by atoms with E-state index in [1.165, 1.54) is 38.5 Å². The van der Waals surface area contributed by atoms with E-state index in [-0.39, 0.29) is 11.6 Å². The van der Waals surface area contributed by atoms with Crippen molar-refractivity contribution >= 4 is 5.97 Å². The molecule has 2 saturated carbocycles. The van der Waals surface area contributed by atoms with Crippen LogP contribution in [-0.2, 0) is 9.53 Å². The molecule has 2 rings (SSSR count). The molecule has 2 aliphatic carbocycles. The number of fused-ring (bicyclic) bond motifs is 1. The summed E-state index contributed by atoms with van der Waals surface area (Å²) in [6, 6.07) is 0. The summed E-state index contributed by atoms with van der Waals surface area (Å²) >= 11 is 0. The normalized spacial score (nSPS) is 32.5. The van der Waals surface area contributed by atoms with Crippen molar-refractivity contribution in [1.29, 1.82) is 0 Å². The minimum Gasteiger partial charge on any atom is -0.457 e. The maximum atomic E-state index is 11.7. The quantitative estimate of drug-likeness (QED) is 0.545. The minimum atomic E-state index is -0.385. The van der Waals surface area contributed by atoms with E-state index >= 15 is 0 Å². The summed E-state index contributed by atoms with van der Waals surface area (Å²) in [5.41, 5.74) is -0.385. The number of rotatable bonds is 2. The van der Waals surface area contributed by atoms with E-state index in [0.717, 1.165) is 11.8 Å². The van der Waals surface area contributed by atoms with Crippen molar-refractivity contribution in [2.45, 2.75) is 64.9 Å². The molecule has 0 spiro atoms. The zero-order valence-corrected chi connectivity index (χ0v) is 11.9. The van der Waals surface area contributed by atoms with Gasteiger partial charge in [0.1, 0.15) is 5.60 Å². The second kappa shape index (κ2) is 5.46. The molecule has 0 bridgehead atoms. The molecule has 0 aromatic rings. The molecule has 3 atom stereocenters. The van der Waals surface area contributed by atoms with Crippen LogP contribution >= 0.6 is 0 Å². The van der Waals surface area contributed by atoms with Crippen molar-refractivity contribution in [1.82, 2.24) is 0 Å². The number of carbonyl (C=O) groups excluding carboxylic acids is 1. The van der Waals surface area contributed by atoms with E-state index in [1.807, 2.05) is 20.8 Å². The smallest absolute Gasteiger partial charge is 0.330 e. The third-order valence-electron chi connectivity index (χ3n) is 4.27. The highest BCUT2D eigenvalue weighted by molar-refractivity contribution is 5.82. The van der Waals surface area contributed by atoms with Crippen LogP contribution in [0.3, 0.4) is 0 Å². The van der Waals surface area contributed by atoms with Crippen LogP contribution in [0.1, 0.15) is 59.3 Å². The van der Waals surface area contributed by atoms with E-state index in [2.05, 4.69) is 6.08 Å². The summed E-state index contributed by atoms with van der Waals surface area (Å²) in [6.07, 6.45) is 11.9. The average Bonchev–Trinajstić information content (AvgIpc) is 2.72. The SMILES string of the molecule is CC(C)(C)OC(=O)/C=C/C1CCCC2CCCC12. The lowest BCUT2D eigenvalue weighted by molar-refractivity contribution is -0.148. The average molecular weight is 250 g/mol. The highest BCUT2D eigenvalue weighted by Gasteiger charge is 2.35. The van der Waals surface area contributed by atoms with Crippen LogP contribution in [0.2, 0.25) is 0 Å². The summed E-state index contributed by atoms with van der Waals surface area (Å²) in [5, 5.41) is 0. The molecular formula is C16H26O2. The standard InChI is InChI=1S/C16H26O2/c1-16(2,3)18-15(17)11-10-13-7-4-6-12-8-5-9-14(12)13/h10-14H,4-9H2,1-3H3/b11-10+. The van der Waals surface area contributed by atoms with Crippen LogP contribution in [0.5, 0.6) is 0 Å². The van der Waals surface area contributed by atoms with Crippen LogP contribution in [0.25, 0.3) is 0 Å². The van der Waals surface area contributed by atoms with Crippen molar-refractivity contribution in [3.8, 4) is 0 Å². The molecule has 2 nitrogen and oxygen atoms in total. The van der Waals surface area contributed by atoms with Gasteiger partial charge in [0.05, 0.1) is 0 Å². The Bertz CT molecular complexity index is 324. The first-order valence-electron chi connectivity index (χ1n) is 7.37. The number of ether oxygens (including phenoxy) is 1. The molecule has 2 fully saturated rings. The Morgan fingerprint density at radius 1 is 1.11 bits per heavy atom. The summed E-state index contributed by atoms with van der Waals surface area (Å²) in [4.78, 5) is 11.7. The van der Waals surface area contributed by atoms with Gasteiger partial charge in [-0.25, -0.2) is 4.79 Å². The lowest BCUT2D eigenvalue weighted by atomic mass is 9.74. The molecule has 0 radical (unpaired) electrons. The molecule has 0 aromatic heterocycles. The van der Waals surface area contributed by atoms with Crippen LogP contribution < -0.4 is 0 Å². The number of hydrogen-bond donors (Lipinski definition) is 0. The van der Waals surface area contributed by atoms with Gasteiger partial charge in [0.15, 0.2) is 0 Å². The maximum absolute atomic E-state index is 11.7. The van der Waals surface area contributed by atoms with Crippen LogP contribution in [0.15, 0.2) is 12.2 Å². The zero-order valence-electron chi connectivity index (χ0n) is 11.9. The van der Waals surface area contributed by atoms with E-state index in [9.17, 15) is 4.79 Å². The molecule has 2 aliphatic rings. The van der Waals surface area contributed by atoms with Crippen molar-refractivity contribution in [2.24, 2.45) is 17.8 Å². The first-order valence-corrected chi connectivity index (χ1v) is 7.37. The van der Waals surface area contributed by atoms with E-state index in [0.29, 0.717) is 5.92 Å². The van der Waals surface area contributed by atoms with Gasteiger partial charge in [0.2, 0.25) is 0 Å². The predicted octanol–water partition coefficient (Wildman–Crippen LogP) is 4.10. The molecular weight excluding hydrogens is 224 g/mol. The summed E-state index contributed by atoms with van der Waals surface area (Å²) in [5.74, 6) is 2.17. The Balaban J connectivity index is 1.90. The van der Waals surface area contributed by atoms with Crippen molar-refractivity contribution in [3.05, 3.63) is 12.2 Å². The molecule has 0 saturated heterocycles. The lowest BCUT2D eigenvalue weighted by Crippen LogP contribution is -2.24. The summed E-state index contributed by atoms with van der Waals surface area (Å²) < 4.78 is 5.31. The molecule has 102 valence electrons. The Morgan fingerprint density at radius 3 is 2.44 bits per heavy atom. The molecule has 0 aliphatic heterocycles. The summed E-state index contributed by atoms with van der Waals surface area (Å²) in [7, 11) is 0. The van der Waals surface area contributed by atoms with Crippen LogP contribution in [-0.4, -0.2) is 11.6 Å². The number of esters is 1. The Morgan fingerprint density at radius 2 is 1.78 bits per heavy atom. The Labute approximate surface area is 111 Å². The molecule has 0 heterocycles. The zero-order chi connectivity index (χ0) is 13.2. The number of carbonyl (C=O) groups is 1. The fourth-order valence-corrected chi connectivity index (χ4v) is 3.59. The van der Waals surface area contributed by atoms with Crippen molar-refractivity contribution < 1.29 is 9.53 Å². The monoisotopic (exact) mass is 250 g/mol. The first kappa shape index (κ1) is 13.6. The summed E-state index contributed by atoms with van der Waals surface area (Å²) in [6.45, 7) is 5.73. The largest absolute Gasteiger partial charge is 0.457 e. The van der Waals surface area contributed by atoms with Gasteiger partial charge in [-0.05, 0) is 51.4 Å². The highest BCUT2D eigenvalue weighted by atomic mass is 16.6. The third kappa shape index (κ3) is 3.60. The maximum Gasteiger partial charge on any atom is 0.330 e. The van der Waals surface area contributed by atoms with Gasteiger partial charge in [-0.2, -0.15) is 0 Å². The van der Waals surface area contributed by atoms with Crippen LogP contribution in [0.4, 0.5) is 0 Å².